The number of nitrogens with zero attached hydrogens (tertiary/aromatic N) is 1. The number of aryl methyl sites for hydroxylation is 1. The predicted molar refractivity (Wildman–Crippen MR) is 114 cm³/mol. The number of benzene rings is 1. The lowest BCUT2D eigenvalue weighted by molar-refractivity contribution is 0.0149. The molecule has 1 saturated heterocycles. The number of hydrogen-bond acceptors (Lipinski definition) is 4. The van der Waals surface area contributed by atoms with Gasteiger partial charge in [-0.25, -0.2) is 4.79 Å². The summed E-state index contributed by atoms with van der Waals surface area (Å²) < 4.78 is 25.0. The third-order valence-electron chi connectivity index (χ3n) is 5.14. The van der Waals surface area contributed by atoms with E-state index in [0.29, 0.717) is 26.3 Å². The Morgan fingerprint density at radius 1 is 1.21 bits per heavy atom. The maximum Gasteiger partial charge on any atom is 0.410 e. The number of rotatable bonds is 7. The molecule has 29 heavy (non-hydrogen) atoms. The summed E-state index contributed by atoms with van der Waals surface area (Å²) in [5, 5.41) is -0.156. The van der Waals surface area contributed by atoms with Gasteiger partial charge >= 0.3 is 6.09 Å². The number of thiophene rings is 1. The van der Waals surface area contributed by atoms with E-state index in [9.17, 15) is 9.18 Å². The molecule has 1 aromatic carbocycles. The van der Waals surface area contributed by atoms with E-state index in [4.69, 9.17) is 9.47 Å². The van der Waals surface area contributed by atoms with Crippen molar-refractivity contribution in [1.29, 1.82) is 0 Å². The second-order valence-corrected chi connectivity index (χ2v) is 9.95. The summed E-state index contributed by atoms with van der Waals surface area (Å²) in [5.74, 6) is 0. The molecular weight excluding hydrogens is 389 g/mol. The SMILES string of the molecule is CC(C)(C)OC(=O)N1CC[C@](CCc2ccc(F)s2)(COCc2ccccc2)C1. The van der Waals surface area contributed by atoms with Crippen molar-refractivity contribution in [2.75, 3.05) is 19.7 Å². The van der Waals surface area contributed by atoms with Crippen LogP contribution in [0.1, 0.15) is 44.1 Å². The quantitative estimate of drug-likeness (QED) is 0.581. The summed E-state index contributed by atoms with van der Waals surface area (Å²) in [5.41, 5.74) is 0.470. The van der Waals surface area contributed by atoms with Crippen molar-refractivity contribution >= 4 is 17.4 Å². The van der Waals surface area contributed by atoms with E-state index in [1.165, 1.54) is 17.4 Å². The fourth-order valence-electron chi connectivity index (χ4n) is 3.65. The maximum atomic E-state index is 13.4. The van der Waals surface area contributed by atoms with E-state index in [1.807, 2.05) is 57.2 Å². The van der Waals surface area contributed by atoms with Crippen LogP contribution in [0.25, 0.3) is 0 Å². The Labute approximate surface area is 176 Å². The van der Waals surface area contributed by atoms with Gasteiger partial charge in [0, 0.05) is 23.4 Å². The molecule has 1 atom stereocenters. The number of halogens is 1. The fraction of sp³-hybridized carbons (Fsp3) is 0.522. The van der Waals surface area contributed by atoms with Crippen LogP contribution in [0.4, 0.5) is 9.18 Å². The van der Waals surface area contributed by atoms with Gasteiger partial charge in [-0.2, -0.15) is 4.39 Å². The van der Waals surface area contributed by atoms with Crippen LogP contribution in [0, 0.1) is 10.5 Å². The lowest BCUT2D eigenvalue weighted by Gasteiger charge is -2.30. The highest BCUT2D eigenvalue weighted by Crippen LogP contribution is 2.37. The van der Waals surface area contributed by atoms with E-state index in [1.54, 1.807) is 4.90 Å². The first-order valence-corrected chi connectivity index (χ1v) is 10.9. The van der Waals surface area contributed by atoms with E-state index in [-0.39, 0.29) is 16.6 Å². The van der Waals surface area contributed by atoms with Crippen molar-refractivity contribution in [3.8, 4) is 0 Å². The van der Waals surface area contributed by atoms with Crippen LogP contribution in [0.15, 0.2) is 42.5 Å². The molecule has 1 fully saturated rings. The van der Waals surface area contributed by atoms with Gasteiger partial charge in [-0.05, 0) is 57.7 Å². The normalized spacial score (nSPS) is 19.5. The summed E-state index contributed by atoms with van der Waals surface area (Å²) in [6.45, 7) is 8.00. The van der Waals surface area contributed by atoms with Crippen molar-refractivity contribution in [2.24, 2.45) is 5.41 Å². The van der Waals surface area contributed by atoms with Crippen molar-refractivity contribution in [3.63, 3.8) is 0 Å². The number of likely N-dealkylation sites (tertiary alicyclic amines) is 1. The third kappa shape index (κ3) is 6.54. The van der Waals surface area contributed by atoms with Crippen molar-refractivity contribution in [2.45, 2.75) is 52.2 Å². The van der Waals surface area contributed by atoms with Gasteiger partial charge < -0.3 is 14.4 Å². The van der Waals surface area contributed by atoms with E-state index < -0.39 is 5.60 Å². The molecule has 1 aliphatic rings. The first kappa shape index (κ1) is 21.8. The Kier molecular flexibility index (Phi) is 6.96. The first-order valence-electron chi connectivity index (χ1n) is 10.1. The van der Waals surface area contributed by atoms with Crippen LogP contribution in [0.2, 0.25) is 0 Å². The number of amides is 1. The van der Waals surface area contributed by atoms with E-state index in [0.717, 1.165) is 29.7 Å². The van der Waals surface area contributed by atoms with Gasteiger partial charge in [-0.3, -0.25) is 0 Å². The molecule has 1 aromatic heterocycles. The largest absolute Gasteiger partial charge is 0.444 e. The van der Waals surface area contributed by atoms with Gasteiger partial charge in [0.05, 0.1) is 13.2 Å². The molecule has 0 N–H and O–H groups in total. The molecule has 0 radical (unpaired) electrons. The molecule has 6 heteroatoms. The smallest absolute Gasteiger partial charge is 0.410 e. The zero-order chi connectivity index (χ0) is 20.9. The highest BCUT2D eigenvalue weighted by molar-refractivity contribution is 7.10. The zero-order valence-corrected chi connectivity index (χ0v) is 18.3. The molecule has 0 spiro atoms. The van der Waals surface area contributed by atoms with Crippen molar-refractivity contribution < 1.29 is 18.7 Å². The molecule has 0 bridgehead atoms. The molecule has 3 rings (SSSR count). The van der Waals surface area contributed by atoms with Gasteiger partial charge in [-0.15, -0.1) is 11.3 Å². The molecule has 1 amide bonds. The number of ether oxygens (including phenoxy) is 2. The number of carbonyl (C=O) groups is 1. The summed E-state index contributed by atoms with van der Waals surface area (Å²) in [6, 6.07) is 13.4. The van der Waals surface area contributed by atoms with Crippen LogP contribution in [0.5, 0.6) is 0 Å². The van der Waals surface area contributed by atoms with E-state index in [2.05, 4.69) is 0 Å². The number of hydrogen-bond donors (Lipinski definition) is 0. The molecule has 2 aromatic rings. The van der Waals surface area contributed by atoms with Crippen LogP contribution < -0.4 is 0 Å². The summed E-state index contributed by atoms with van der Waals surface area (Å²) in [7, 11) is 0. The zero-order valence-electron chi connectivity index (χ0n) is 17.4. The molecule has 0 saturated carbocycles. The Bertz CT molecular complexity index is 802. The molecular formula is C23H30FNO3S. The first-order chi connectivity index (χ1) is 13.7. The fourth-order valence-corrected chi connectivity index (χ4v) is 4.37. The summed E-state index contributed by atoms with van der Waals surface area (Å²) in [6.07, 6.45) is 2.21. The third-order valence-corrected chi connectivity index (χ3v) is 6.07. The predicted octanol–water partition coefficient (Wildman–Crippen LogP) is 5.66. The van der Waals surface area contributed by atoms with Crippen molar-refractivity contribution in [3.05, 3.63) is 58.0 Å². The second kappa shape index (κ2) is 9.26. The van der Waals surface area contributed by atoms with Crippen LogP contribution in [-0.2, 0) is 22.5 Å². The van der Waals surface area contributed by atoms with Gasteiger partial charge in [0.25, 0.3) is 0 Å². The Balaban J connectivity index is 1.63. The highest BCUT2D eigenvalue weighted by atomic mass is 32.1. The molecule has 1 aliphatic heterocycles. The number of carbonyl (C=O) groups excluding carboxylic acids is 1. The second-order valence-electron chi connectivity index (χ2n) is 8.84. The average molecular weight is 420 g/mol. The molecule has 0 unspecified atom stereocenters. The van der Waals surface area contributed by atoms with Gasteiger partial charge in [0.15, 0.2) is 5.13 Å². The minimum Gasteiger partial charge on any atom is -0.444 e. The van der Waals surface area contributed by atoms with Crippen LogP contribution in [-0.4, -0.2) is 36.3 Å². The molecule has 2 heterocycles. The standard InChI is InChI=1S/C23H30FNO3S/c1-22(2,3)28-21(26)25-14-13-23(16-25,12-11-19-9-10-20(24)29-19)17-27-15-18-7-5-4-6-8-18/h4-10H,11-17H2,1-3H3/t23-/m0/s1. The Hall–Kier alpha value is -1.92. The Morgan fingerprint density at radius 3 is 2.62 bits per heavy atom. The minimum absolute atomic E-state index is 0.147. The lowest BCUT2D eigenvalue weighted by atomic mass is 9.83. The van der Waals surface area contributed by atoms with Crippen LogP contribution >= 0.6 is 11.3 Å². The molecule has 158 valence electrons. The lowest BCUT2D eigenvalue weighted by Crippen LogP contribution is -2.38. The van der Waals surface area contributed by atoms with Crippen molar-refractivity contribution in [1.82, 2.24) is 4.90 Å². The topological polar surface area (TPSA) is 38.8 Å². The highest BCUT2D eigenvalue weighted by Gasteiger charge is 2.41. The average Bonchev–Trinajstić information content (AvgIpc) is 3.27. The summed E-state index contributed by atoms with van der Waals surface area (Å²) >= 11 is 1.19. The maximum absolute atomic E-state index is 13.4. The molecule has 0 aliphatic carbocycles. The van der Waals surface area contributed by atoms with Crippen LogP contribution in [0.3, 0.4) is 0 Å². The molecule has 4 nitrogen and oxygen atoms in total. The monoisotopic (exact) mass is 419 g/mol. The van der Waals surface area contributed by atoms with Gasteiger partial charge in [0.2, 0.25) is 0 Å². The van der Waals surface area contributed by atoms with E-state index >= 15 is 0 Å². The van der Waals surface area contributed by atoms with Gasteiger partial charge in [0.1, 0.15) is 5.60 Å². The van der Waals surface area contributed by atoms with Gasteiger partial charge in [-0.1, -0.05) is 30.3 Å². The minimum atomic E-state index is -0.513. The Morgan fingerprint density at radius 2 is 1.97 bits per heavy atom. The summed E-state index contributed by atoms with van der Waals surface area (Å²) in [4.78, 5) is 15.3.